The first-order valence-electron chi connectivity index (χ1n) is 4.41. The molecule has 0 radical (unpaired) electrons. The number of rotatable bonds is 2. The zero-order valence-corrected chi connectivity index (χ0v) is 7.26. The van der Waals surface area contributed by atoms with Gasteiger partial charge in [-0.15, -0.1) is 0 Å². The lowest BCUT2D eigenvalue weighted by atomic mass is 10.1. The maximum atomic E-state index is 13.5. The van der Waals surface area contributed by atoms with E-state index in [-0.39, 0.29) is 18.1 Å². The second-order valence-corrected chi connectivity index (χ2v) is 3.47. The maximum Gasteiger partial charge on any atom is 0.149 e. The first-order valence-corrected chi connectivity index (χ1v) is 4.41. The van der Waals surface area contributed by atoms with Gasteiger partial charge in [0.1, 0.15) is 5.82 Å². The molecular formula is C10H12FNO. The standard InChI is InChI=1S/C10H12FNO/c11-9-8(6-1-2-6)4-3-7(5-13)10(9)12/h3-4,6,13H,1-2,5,12H2. The predicted octanol–water partition coefficient (Wildman–Crippen LogP) is 1.78. The Balaban J connectivity index is 2.44. The molecule has 0 unspecified atom stereocenters. The minimum Gasteiger partial charge on any atom is -0.396 e. The van der Waals surface area contributed by atoms with Crippen LogP contribution in [0.4, 0.5) is 10.1 Å². The van der Waals surface area contributed by atoms with Gasteiger partial charge in [-0.05, 0) is 24.3 Å². The summed E-state index contributed by atoms with van der Waals surface area (Å²) in [5.41, 5.74) is 6.81. The number of benzene rings is 1. The number of aliphatic hydroxyl groups is 1. The molecule has 0 amide bonds. The third-order valence-electron chi connectivity index (χ3n) is 2.49. The van der Waals surface area contributed by atoms with Crippen LogP contribution in [0, 0.1) is 5.82 Å². The van der Waals surface area contributed by atoms with Crippen LogP contribution in [0.3, 0.4) is 0 Å². The molecule has 0 heterocycles. The molecule has 1 saturated carbocycles. The largest absolute Gasteiger partial charge is 0.396 e. The summed E-state index contributed by atoms with van der Waals surface area (Å²) in [6.07, 6.45) is 2.10. The molecule has 3 heteroatoms. The fraction of sp³-hybridized carbons (Fsp3) is 0.400. The van der Waals surface area contributed by atoms with Crippen LogP contribution in [0.1, 0.15) is 29.9 Å². The molecule has 0 spiro atoms. The van der Waals surface area contributed by atoms with E-state index in [2.05, 4.69) is 0 Å². The van der Waals surface area contributed by atoms with Gasteiger partial charge in [0.2, 0.25) is 0 Å². The Morgan fingerprint density at radius 3 is 2.69 bits per heavy atom. The van der Waals surface area contributed by atoms with Crippen molar-refractivity contribution in [3.8, 4) is 0 Å². The number of halogens is 1. The van der Waals surface area contributed by atoms with Crippen molar-refractivity contribution in [2.45, 2.75) is 25.4 Å². The Labute approximate surface area is 76.2 Å². The molecule has 2 rings (SSSR count). The van der Waals surface area contributed by atoms with Gasteiger partial charge in [0, 0.05) is 5.56 Å². The Hall–Kier alpha value is -1.09. The summed E-state index contributed by atoms with van der Waals surface area (Å²) in [7, 11) is 0. The summed E-state index contributed by atoms with van der Waals surface area (Å²) in [4.78, 5) is 0. The Morgan fingerprint density at radius 2 is 2.15 bits per heavy atom. The van der Waals surface area contributed by atoms with Crippen LogP contribution in [0.2, 0.25) is 0 Å². The Bertz CT molecular complexity index is 334. The average Bonchev–Trinajstić information content (AvgIpc) is 2.93. The number of hydrogen-bond acceptors (Lipinski definition) is 2. The van der Waals surface area contributed by atoms with Crippen molar-refractivity contribution in [2.24, 2.45) is 0 Å². The zero-order chi connectivity index (χ0) is 9.42. The summed E-state index contributed by atoms with van der Waals surface area (Å²) in [5, 5.41) is 8.84. The highest BCUT2D eigenvalue weighted by Gasteiger charge is 2.27. The van der Waals surface area contributed by atoms with E-state index in [1.165, 1.54) is 0 Å². The molecule has 2 nitrogen and oxygen atoms in total. The smallest absolute Gasteiger partial charge is 0.149 e. The minimum atomic E-state index is -0.339. The molecule has 1 aromatic carbocycles. The van der Waals surface area contributed by atoms with Gasteiger partial charge >= 0.3 is 0 Å². The molecule has 0 aliphatic heterocycles. The highest BCUT2D eigenvalue weighted by molar-refractivity contribution is 5.52. The van der Waals surface area contributed by atoms with Crippen molar-refractivity contribution in [1.82, 2.24) is 0 Å². The van der Waals surface area contributed by atoms with E-state index in [9.17, 15) is 4.39 Å². The quantitative estimate of drug-likeness (QED) is 0.683. The van der Waals surface area contributed by atoms with E-state index in [1.54, 1.807) is 12.1 Å². The van der Waals surface area contributed by atoms with Crippen LogP contribution >= 0.6 is 0 Å². The molecule has 0 aromatic heterocycles. The lowest BCUT2D eigenvalue weighted by Crippen LogP contribution is -2.01. The van der Waals surface area contributed by atoms with Crippen LogP contribution in [-0.2, 0) is 6.61 Å². The van der Waals surface area contributed by atoms with E-state index in [4.69, 9.17) is 10.8 Å². The highest BCUT2D eigenvalue weighted by Crippen LogP contribution is 2.42. The van der Waals surface area contributed by atoms with Gasteiger partial charge in [0.15, 0.2) is 0 Å². The van der Waals surface area contributed by atoms with Crippen molar-refractivity contribution < 1.29 is 9.50 Å². The number of nitrogens with two attached hydrogens (primary N) is 1. The topological polar surface area (TPSA) is 46.2 Å². The van der Waals surface area contributed by atoms with Gasteiger partial charge in [-0.2, -0.15) is 0 Å². The monoisotopic (exact) mass is 181 g/mol. The molecule has 1 fully saturated rings. The Kier molecular flexibility index (Phi) is 1.96. The Morgan fingerprint density at radius 1 is 1.46 bits per heavy atom. The van der Waals surface area contributed by atoms with Gasteiger partial charge in [-0.3, -0.25) is 0 Å². The maximum absolute atomic E-state index is 13.5. The van der Waals surface area contributed by atoms with E-state index in [1.807, 2.05) is 0 Å². The first-order chi connectivity index (χ1) is 6.24. The SMILES string of the molecule is Nc1c(CO)ccc(C2CC2)c1F. The lowest BCUT2D eigenvalue weighted by Gasteiger charge is -2.07. The van der Waals surface area contributed by atoms with Crippen LogP contribution in [0.25, 0.3) is 0 Å². The second-order valence-electron chi connectivity index (χ2n) is 3.47. The van der Waals surface area contributed by atoms with Crippen molar-refractivity contribution in [1.29, 1.82) is 0 Å². The van der Waals surface area contributed by atoms with Crippen molar-refractivity contribution in [3.05, 3.63) is 29.1 Å². The summed E-state index contributed by atoms with van der Waals surface area (Å²) in [6, 6.07) is 3.43. The van der Waals surface area contributed by atoms with Crippen molar-refractivity contribution >= 4 is 5.69 Å². The predicted molar refractivity (Wildman–Crippen MR) is 48.7 cm³/mol. The molecule has 1 aliphatic rings. The fourth-order valence-electron chi connectivity index (χ4n) is 1.50. The fourth-order valence-corrected chi connectivity index (χ4v) is 1.50. The van der Waals surface area contributed by atoms with Crippen LogP contribution in [0.15, 0.2) is 12.1 Å². The molecular weight excluding hydrogens is 169 g/mol. The first kappa shape index (κ1) is 8.51. The molecule has 13 heavy (non-hydrogen) atoms. The molecule has 1 aliphatic carbocycles. The van der Waals surface area contributed by atoms with E-state index in [0.717, 1.165) is 12.8 Å². The van der Waals surface area contributed by atoms with Crippen LogP contribution < -0.4 is 5.73 Å². The minimum absolute atomic E-state index is 0.104. The van der Waals surface area contributed by atoms with Crippen LogP contribution in [-0.4, -0.2) is 5.11 Å². The van der Waals surface area contributed by atoms with Gasteiger partial charge in [-0.25, -0.2) is 4.39 Å². The number of anilines is 1. The molecule has 0 atom stereocenters. The molecule has 0 saturated heterocycles. The van der Waals surface area contributed by atoms with Gasteiger partial charge in [-0.1, -0.05) is 12.1 Å². The third-order valence-corrected chi connectivity index (χ3v) is 2.49. The van der Waals surface area contributed by atoms with Crippen molar-refractivity contribution in [2.75, 3.05) is 5.73 Å². The van der Waals surface area contributed by atoms with E-state index >= 15 is 0 Å². The second kappa shape index (κ2) is 3.00. The zero-order valence-electron chi connectivity index (χ0n) is 7.26. The molecule has 0 bridgehead atoms. The summed E-state index contributed by atoms with van der Waals surface area (Å²) >= 11 is 0. The molecule has 3 N–H and O–H groups in total. The molecule has 1 aromatic rings. The van der Waals surface area contributed by atoms with Crippen LogP contribution in [0.5, 0.6) is 0 Å². The van der Waals surface area contributed by atoms with E-state index < -0.39 is 0 Å². The van der Waals surface area contributed by atoms with Gasteiger partial charge in [0.25, 0.3) is 0 Å². The summed E-state index contributed by atoms with van der Waals surface area (Å²) in [5.74, 6) is 0.0177. The lowest BCUT2D eigenvalue weighted by molar-refractivity contribution is 0.282. The van der Waals surface area contributed by atoms with Gasteiger partial charge in [0.05, 0.1) is 12.3 Å². The average molecular weight is 181 g/mol. The number of aliphatic hydroxyl groups excluding tert-OH is 1. The summed E-state index contributed by atoms with van der Waals surface area (Å²) < 4.78 is 13.5. The number of nitrogen functional groups attached to an aromatic ring is 1. The molecule has 70 valence electrons. The summed E-state index contributed by atoms with van der Waals surface area (Å²) in [6.45, 7) is -0.201. The number of hydrogen-bond donors (Lipinski definition) is 2. The normalized spacial score (nSPS) is 16.2. The van der Waals surface area contributed by atoms with Crippen molar-refractivity contribution in [3.63, 3.8) is 0 Å². The third kappa shape index (κ3) is 1.40. The van der Waals surface area contributed by atoms with Gasteiger partial charge < -0.3 is 10.8 Å². The van der Waals surface area contributed by atoms with E-state index in [0.29, 0.717) is 17.0 Å². The highest BCUT2D eigenvalue weighted by atomic mass is 19.1.